The Morgan fingerprint density at radius 3 is 3.17 bits per heavy atom. The molecule has 2 heterocycles. The number of nitrogens with one attached hydrogen (secondary N) is 1. The van der Waals surface area contributed by atoms with Crippen LogP contribution in [0, 0.1) is 5.92 Å². The predicted octanol–water partition coefficient (Wildman–Crippen LogP) is -0.479. The van der Waals surface area contributed by atoms with Gasteiger partial charge in [0.1, 0.15) is 12.9 Å². The minimum atomic E-state index is -0.0487. The molecule has 0 aliphatic carbocycles. The van der Waals surface area contributed by atoms with Crippen LogP contribution in [0.2, 0.25) is 0 Å². The van der Waals surface area contributed by atoms with E-state index < -0.39 is 0 Å². The quantitative estimate of drug-likeness (QED) is 0.766. The lowest BCUT2D eigenvalue weighted by atomic mass is 10.0. The summed E-state index contributed by atoms with van der Waals surface area (Å²) in [7, 11) is 0. The van der Waals surface area contributed by atoms with Crippen molar-refractivity contribution in [1.82, 2.24) is 30.4 Å². The summed E-state index contributed by atoms with van der Waals surface area (Å²) in [5, 5.41) is 13.5. The van der Waals surface area contributed by atoms with E-state index in [4.69, 9.17) is 0 Å². The molecule has 18 heavy (non-hydrogen) atoms. The largest absolute Gasteiger partial charge is 0.353 e. The summed E-state index contributed by atoms with van der Waals surface area (Å²) in [5.41, 5.74) is 0. The summed E-state index contributed by atoms with van der Waals surface area (Å²) in [6.45, 7) is 6.36. The number of hydrogen-bond acceptors (Lipinski definition) is 5. The Labute approximate surface area is 107 Å². The fraction of sp³-hybridized carbons (Fsp3) is 0.818. The van der Waals surface area contributed by atoms with Gasteiger partial charge in [0, 0.05) is 19.6 Å². The molecule has 7 heteroatoms. The molecule has 1 aliphatic rings. The molecule has 7 nitrogen and oxygen atoms in total. The second-order valence-electron chi connectivity index (χ2n) is 4.91. The van der Waals surface area contributed by atoms with Crippen molar-refractivity contribution < 1.29 is 4.79 Å². The molecule has 1 N–H and O–H groups in total. The molecule has 0 bridgehead atoms. The van der Waals surface area contributed by atoms with Crippen LogP contribution in [-0.4, -0.2) is 57.2 Å². The number of carbonyl (C=O) groups excluding carboxylic acids is 1. The van der Waals surface area contributed by atoms with Crippen molar-refractivity contribution >= 4 is 5.91 Å². The average Bonchev–Trinajstić information content (AvgIpc) is 2.82. The molecule has 1 aliphatic heterocycles. The third-order valence-electron chi connectivity index (χ3n) is 3.19. The van der Waals surface area contributed by atoms with Crippen molar-refractivity contribution in [2.24, 2.45) is 5.92 Å². The summed E-state index contributed by atoms with van der Waals surface area (Å²) in [5.74, 6) is 0.725. The molecular weight excluding hydrogens is 232 g/mol. The van der Waals surface area contributed by atoms with E-state index in [1.807, 2.05) is 0 Å². The fourth-order valence-electron chi connectivity index (χ4n) is 2.30. The summed E-state index contributed by atoms with van der Waals surface area (Å²) in [4.78, 5) is 14.0. The third-order valence-corrected chi connectivity index (χ3v) is 3.19. The third kappa shape index (κ3) is 4.06. The van der Waals surface area contributed by atoms with Crippen LogP contribution in [-0.2, 0) is 11.3 Å². The highest BCUT2D eigenvalue weighted by atomic mass is 16.2. The van der Waals surface area contributed by atoms with Crippen LogP contribution in [0.5, 0.6) is 0 Å². The highest BCUT2D eigenvalue weighted by Crippen LogP contribution is 2.14. The van der Waals surface area contributed by atoms with Gasteiger partial charge in [-0.15, -0.1) is 5.10 Å². The lowest BCUT2D eigenvalue weighted by molar-refractivity contribution is -0.121. The van der Waals surface area contributed by atoms with Gasteiger partial charge in [-0.05, 0) is 35.7 Å². The van der Waals surface area contributed by atoms with Crippen molar-refractivity contribution in [3.63, 3.8) is 0 Å². The molecule has 1 amide bonds. The molecular formula is C11H20N6O. The van der Waals surface area contributed by atoms with Gasteiger partial charge in [0.15, 0.2) is 0 Å². The molecule has 1 atom stereocenters. The maximum absolute atomic E-state index is 11.6. The normalized spacial score (nSPS) is 20.8. The van der Waals surface area contributed by atoms with Gasteiger partial charge in [-0.1, -0.05) is 6.92 Å². The molecule has 1 saturated heterocycles. The number of carbonyl (C=O) groups is 1. The summed E-state index contributed by atoms with van der Waals surface area (Å²) in [6, 6.07) is 0. The predicted molar refractivity (Wildman–Crippen MR) is 65.7 cm³/mol. The van der Waals surface area contributed by atoms with Crippen LogP contribution in [0.25, 0.3) is 0 Å². The Morgan fingerprint density at radius 2 is 2.44 bits per heavy atom. The van der Waals surface area contributed by atoms with Gasteiger partial charge in [0.25, 0.3) is 0 Å². The van der Waals surface area contributed by atoms with Crippen molar-refractivity contribution in [1.29, 1.82) is 0 Å². The maximum atomic E-state index is 11.6. The molecule has 1 fully saturated rings. The lowest BCUT2D eigenvalue weighted by Crippen LogP contribution is -2.40. The van der Waals surface area contributed by atoms with E-state index in [9.17, 15) is 4.79 Å². The lowest BCUT2D eigenvalue weighted by Gasteiger charge is -2.30. The topological polar surface area (TPSA) is 75.9 Å². The van der Waals surface area contributed by atoms with Crippen LogP contribution in [0.4, 0.5) is 0 Å². The fourth-order valence-corrected chi connectivity index (χ4v) is 2.30. The van der Waals surface area contributed by atoms with E-state index in [2.05, 4.69) is 32.7 Å². The SMILES string of the molecule is C[C@H]1CCCN(CCNC(=O)Cn2cnnn2)C1. The molecule has 0 radical (unpaired) electrons. The standard InChI is InChI=1S/C11H20N6O/c1-10-3-2-5-16(7-10)6-4-12-11(18)8-17-9-13-14-15-17/h9-10H,2-8H2,1H3,(H,12,18)/t10-/m0/s1. The smallest absolute Gasteiger partial charge is 0.241 e. The number of aromatic nitrogens is 4. The van der Waals surface area contributed by atoms with Gasteiger partial charge in [0.2, 0.25) is 5.91 Å². The van der Waals surface area contributed by atoms with Gasteiger partial charge in [-0.25, -0.2) is 4.68 Å². The van der Waals surface area contributed by atoms with Gasteiger partial charge in [-0.3, -0.25) is 4.79 Å². The van der Waals surface area contributed by atoms with Crippen LogP contribution >= 0.6 is 0 Å². The van der Waals surface area contributed by atoms with E-state index in [0.717, 1.165) is 25.6 Å². The number of piperidine rings is 1. The Kier molecular flexibility index (Phi) is 4.63. The molecule has 2 rings (SSSR count). The van der Waals surface area contributed by atoms with Crippen molar-refractivity contribution in [3.8, 4) is 0 Å². The van der Waals surface area contributed by atoms with Crippen LogP contribution in [0.3, 0.4) is 0 Å². The van der Waals surface area contributed by atoms with Crippen molar-refractivity contribution in [3.05, 3.63) is 6.33 Å². The highest BCUT2D eigenvalue weighted by molar-refractivity contribution is 5.75. The van der Waals surface area contributed by atoms with Gasteiger partial charge in [-0.2, -0.15) is 0 Å². The monoisotopic (exact) mass is 252 g/mol. The summed E-state index contributed by atoms with van der Waals surface area (Å²) < 4.78 is 1.41. The first-order valence-corrected chi connectivity index (χ1v) is 6.44. The molecule has 0 aromatic carbocycles. The zero-order valence-electron chi connectivity index (χ0n) is 10.7. The number of amides is 1. The zero-order chi connectivity index (χ0) is 12.8. The van der Waals surface area contributed by atoms with E-state index in [1.165, 1.54) is 23.9 Å². The van der Waals surface area contributed by atoms with Gasteiger partial charge < -0.3 is 10.2 Å². The first-order valence-electron chi connectivity index (χ1n) is 6.44. The number of nitrogens with zero attached hydrogens (tertiary/aromatic N) is 5. The Bertz CT molecular complexity index is 366. The van der Waals surface area contributed by atoms with Crippen LogP contribution in [0.15, 0.2) is 6.33 Å². The first kappa shape index (κ1) is 12.9. The number of rotatable bonds is 5. The number of tetrazole rings is 1. The number of hydrogen-bond donors (Lipinski definition) is 1. The minimum absolute atomic E-state index is 0.0487. The second kappa shape index (κ2) is 6.44. The molecule has 1 aromatic rings. The van der Waals surface area contributed by atoms with E-state index in [1.54, 1.807) is 0 Å². The molecule has 0 spiro atoms. The number of likely N-dealkylation sites (tertiary alicyclic amines) is 1. The highest BCUT2D eigenvalue weighted by Gasteiger charge is 2.15. The van der Waals surface area contributed by atoms with Crippen LogP contribution < -0.4 is 5.32 Å². The van der Waals surface area contributed by atoms with E-state index >= 15 is 0 Å². The zero-order valence-corrected chi connectivity index (χ0v) is 10.7. The Morgan fingerprint density at radius 1 is 1.56 bits per heavy atom. The van der Waals surface area contributed by atoms with E-state index in [0.29, 0.717) is 6.54 Å². The average molecular weight is 252 g/mol. The van der Waals surface area contributed by atoms with Gasteiger partial charge in [0.05, 0.1) is 0 Å². The Hall–Kier alpha value is -1.50. The molecule has 0 unspecified atom stereocenters. The minimum Gasteiger partial charge on any atom is -0.353 e. The van der Waals surface area contributed by atoms with Crippen molar-refractivity contribution in [2.45, 2.75) is 26.3 Å². The maximum Gasteiger partial charge on any atom is 0.241 e. The van der Waals surface area contributed by atoms with Crippen LogP contribution in [0.1, 0.15) is 19.8 Å². The van der Waals surface area contributed by atoms with Crippen molar-refractivity contribution in [2.75, 3.05) is 26.2 Å². The first-order chi connectivity index (χ1) is 8.74. The molecule has 100 valence electrons. The summed E-state index contributed by atoms with van der Waals surface area (Å²) in [6.07, 6.45) is 4.02. The second-order valence-corrected chi connectivity index (χ2v) is 4.91. The van der Waals surface area contributed by atoms with Gasteiger partial charge >= 0.3 is 0 Å². The van der Waals surface area contributed by atoms with E-state index in [-0.39, 0.29) is 12.5 Å². The molecule has 0 saturated carbocycles. The summed E-state index contributed by atoms with van der Waals surface area (Å²) >= 11 is 0. The molecule has 1 aromatic heterocycles. The Balaban J connectivity index is 1.61.